The summed E-state index contributed by atoms with van der Waals surface area (Å²) in [7, 11) is 0. The highest BCUT2D eigenvalue weighted by molar-refractivity contribution is 6.01. The Hall–Kier alpha value is -2.00. The number of hydrogen-bond acceptors (Lipinski definition) is 7. The van der Waals surface area contributed by atoms with Crippen LogP contribution in [0.15, 0.2) is 30.3 Å². The number of carbonyl (C=O) groups excluding carboxylic acids is 2. The highest BCUT2D eigenvalue weighted by atomic mass is 16.5. The summed E-state index contributed by atoms with van der Waals surface area (Å²) in [6, 6.07) is 7.04. The van der Waals surface area contributed by atoms with Gasteiger partial charge in [0, 0.05) is 19.6 Å². The fourth-order valence-electron chi connectivity index (χ4n) is 2.96. The number of esters is 1. The largest absolute Gasteiger partial charge is 0.464 e. The average molecular weight is 393 g/mol. The van der Waals surface area contributed by atoms with Crippen LogP contribution in [0.5, 0.6) is 0 Å². The van der Waals surface area contributed by atoms with Crippen molar-refractivity contribution in [2.24, 2.45) is 5.73 Å². The van der Waals surface area contributed by atoms with E-state index in [1.807, 2.05) is 25.1 Å². The lowest BCUT2D eigenvalue weighted by Gasteiger charge is -2.33. The van der Waals surface area contributed by atoms with E-state index in [4.69, 9.17) is 15.2 Å². The summed E-state index contributed by atoms with van der Waals surface area (Å²) in [4.78, 5) is 26.6. The minimum atomic E-state index is -1.42. The van der Waals surface area contributed by atoms with E-state index in [1.165, 1.54) is 0 Å². The van der Waals surface area contributed by atoms with Crippen molar-refractivity contribution in [3.8, 4) is 0 Å². The molecule has 8 nitrogen and oxygen atoms in total. The third-order valence-corrected chi connectivity index (χ3v) is 4.69. The second-order valence-electron chi connectivity index (χ2n) is 6.88. The molecule has 1 aliphatic heterocycles. The number of morpholine rings is 1. The molecule has 0 radical (unpaired) electrons. The minimum absolute atomic E-state index is 0.236. The van der Waals surface area contributed by atoms with Crippen molar-refractivity contribution in [3.05, 3.63) is 35.9 Å². The molecule has 1 aromatic rings. The molecule has 0 aliphatic carbocycles. The third kappa shape index (κ3) is 6.87. The molecule has 1 aliphatic rings. The Morgan fingerprint density at radius 3 is 2.61 bits per heavy atom. The second-order valence-corrected chi connectivity index (χ2v) is 6.88. The molecule has 2 rings (SSSR count). The highest BCUT2D eigenvalue weighted by Gasteiger charge is 2.30. The Kier molecular flexibility index (Phi) is 9.36. The van der Waals surface area contributed by atoms with Gasteiger partial charge < -0.3 is 25.6 Å². The fourth-order valence-corrected chi connectivity index (χ4v) is 2.96. The molecule has 1 fully saturated rings. The van der Waals surface area contributed by atoms with Gasteiger partial charge in [0.25, 0.3) is 0 Å². The van der Waals surface area contributed by atoms with Gasteiger partial charge in [-0.2, -0.15) is 0 Å². The van der Waals surface area contributed by atoms with Crippen LogP contribution in [0, 0.1) is 0 Å². The van der Waals surface area contributed by atoms with Crippen molar-refractivity contribution >= 4 is 11.9 Å². The van der Waals surface area contributed by atoms with E-state index in [0.717, 1.165) is 6.42 Å². The topological polar surface area (TPSA) is 114 Å². The van der Waals surface area contributed by atoms with Gasteiger partial charge in [0.15, 0.2) is 6.04 Å². The van der Waals surface area contributed by atoms with E-state index in [0.29, 0.717) is 44.8 Å². The summed E-state index contributed by atoms with van der Waals surface area (Å²) in [5.74, 6) is -1.42. The summed E-state index contributed by atoms with van der Waals surface area (Å²) in [5.41, 5.74) is 6.44. The number of nitrogens with zero attached hydrogens (tertiary/aromatic N) is 1. The average Bonchev–Trinajstić information content (AvgIpc) is 2.73. The van der Waals surface area contributed by atoms with E-state index in [-0.39, 0.29) is 6.61 Å². The number of amides is 1. The van der Waals surface area contributed by atoms with Crippen LogP contribution >= 0.6 is 0 Å². The molecule has 28 heavy (non-hydrogen) atoms. The lowest BCUT2D eigenvalue weighted by molar-refractivity contribution is -0.148. The Labute approximate surface area is 166 Å². The molecule has 1 heterocycles. The zero-order valence-electron chi connectivity index (χ0n) is 16.4. The normalized spacial score (nSPS) is 18.1. The molecular formula is C20H31N3O5. The van der Waals surface area contributed by atoms with Crippen LogP contribution in [0.1, 0.15) is 31.4 Å². The van der Waals surface area contributed by atoms with E-state index in [1.54, 1.807) is 12.1 Å². The van der Waals surface area contributed by atoms with Crippen LogP contribution in [-0.4, -0.2) is 73.4 Å². The Morgan fingerprint density at radius 2 is 1.96 bits per heavy atom. The number of aliphatic hydroxyl groups is 1. The number of nitrogens with two attached hydrogens (primary N) is 1. The number of ether oxygens (including phenoxy) is 2. The number of hydrogen-bond donors (Lipinski definition) is 3. The first-order valence-corrected chi connectivity index (χ1v) is 9.78. The molecule has 3 atom stereocenters. The van der Waals surface area contributed by atoms with Crippen molar-refractivity contribution in [2.45, 2.75) is 38.0 Å². The maximum absolute atomic E-state index is 12.5. The smallest absolute Gasteiger partial charge is 0.332 e. The second kappa shape index (κ2) is 11.8. The number of aliphatic hydroxyl groups excluding tert-OH is 1. The zero-order valence-corrected chi connectivity index (χ0v) is 16.4. The number of rotatable bonds is 10. The number of nitrogens with one attached hydrogen (secondary N) is 1. The molecule has 1 aromatic carbocycles. The Bertz CT molecular complexity index is 607. The third-order valence-electron chi connectivity index (χ3n) is 4.69. The lowest BCUT2D eigenvalue weighted by Crippen LogP contribution is -2.55. The van der Waals surface area contributed by atoms with Gasteiger partial charge in [0.05, 0.1) is 25.9 Å². The van der Waals surface area contributed by atoms with Gasteiger partial charge >= 0.3 is 5.97 Å². The van der Waals surface area contributed by atoms with E-state index in [9.17, 15) is 14.7 Å². The summed E-state index contributed by atoms with van der Waals surface area (Å²) >= 11 is 0. The van der Waals surface area contributed by atoms with Crippen LogP contribution in [0.2, 0.25) is 0 Å². The molecule has 0 saturated carbocycles. The van der Waals surface area contributed by atoms with Crippen molar-refractivity contribution in [2.75, 3.05) is 39.5 Å². The van der Waals surface area contributed by atoms with Crippen molar-refractivity contribution in [1.82, 2.24) is 10.2 Å². The van der Waals surface area contributed by atoms with Gasteiger partial charge in [0.2, 0.25) is 5.91 Å². The number of benzene rings is 1. The van der Waals surface area contributed by atoms with Gasteiger partial charge in [0.1, 0.15) is 6.10 Å². The quantitative estimate of drug-likeness (QED) is 0.296. The summed E-state index contributed by atoms with van der Waals surface area (Å²) < 4.78 is 10.4. The van der Waals surface area contributed by atoms with Gasteiger partial charge in [-0.15, -0.1) is 0 Å². The fraction of sp³-hybridized carbons (Fsp3) is 0.600. The molecule has 1 unspecified atom stereocenters. The molecule has 1 amide bonds. The molecule has 156 valence electrons. The van der Waals surface area contributed by atoms with Crippen molar-refractivity contribution in [1.29, 1.82) is 0 Å². The van der Waals surface area contributed by atoms with Crippen molar-refractivity contribution < 1.29 is 24.2 Å². The Morgan fingerprint density at radius 1 is 1.29 bits per heavy atom. The molecule has 1 saturated heterocycles. The van der Waals surface area contributed by atoms with E-state index in [2.05, 4.69) is 10.2 Å². The first-order chi connectivity index (χ1) is 13.5. The summed E-state index contributed by atoms with van der Waals surface area (Å²) in [6.45, 7) is 5.25. The summed E-state index contributed by atoms with van der Waals surface area (Å²) in [5, 5.41) is 13.6. The first-order valence-electron chi connectivity index (χ1n) is 9.78. The lowest BCUT2D eigenvalue weighted by atomic mass is 10.0. The molecule has 0 spiro atoms. The maximum atomic E-state index is 12.5. The molecule has 8 heteroatoms. The molecule has 4 N–H and O–H groups in total. The van der Waals surface area contributed by atoms with E-state index >= 15 is 0 Å². The highest BCUT2D eigenvalue weighted by Crippen LogP contribution is 2.18. The molecular weight excluding hydrogens is 362 g/mol. The first kappa shape index (κ1) is 22.3. The van der Waals surface area contributed by atoms with Crippen LogP contribution in [0.25, 0.3) is 0 Å². The predicted molar refractivity (Wildman–Crippen MR) is 104 cm³/mol. The zero-order chi connectivity index (χ0) is 20.4. The van der Waals surface area contributed by atoms with E-state index < -0.39 is 30.1 Å². The maximum Gasteiger partial charge on any atom is 0.332 e. The van der Waals surface area contributed by atoms with Gasteiger partial charge in [-0.05, 0) is 12.0 Å². The minimum Gasteiger partial charge on any atom is -0.464 e. The van der Waals surface area contributed by atoms with Crippen LogP contribution in [-0.2, 0) is 19.1 Å². The van der Waals surface area contributed by atoms with Gasteiger partial charge in [-0.3, -0.25) is 9.69 Å². The standard InChI is InChI=1S/C20H31N3O5/c1-2-3-11-28-20(26)17(21)19(25)22-16(14-23-9-12-27-13-10-23)18(24)15-7-5-4-6-8-15/h4-8,16-18,24H,2-3,9-14,21H2,1H3,(H,22,25)/t16-,17?,18-/m0/s1. The predicted octanol–water partition coefficient (Wildman–Crippen LogP) is 0.208. The van der Waals surface area contributed by atoms with Crippen LogP contribution in [0.4, 0.5) is 0 Å². The Balaban J connectivity index is 2.03. The number of unbranched alkanes of at least 4 members (excludes halogenated alkanes) is 1. The summed E-state index contributed by atoms with van der Waals surface area (Å²) in [6.07, 6.45) is 0.655. The van der Waals surface area contributed by atoms with Gasteiger partial charge in [-0.1, -0.05) is 43.7 Å². The molecule has 0 aromatic heterocycles. The van der Waals surface area contributed by atoms with Gasteiger partial charge in [-0.25, -0.2) is 4.79 Å². The SMILES string of the molecule is CCCCOC(=O)C(N)C(=O)N[C@@H](CN1CCOCC1)[C@@H](O)c1ccccc1. The molecule has 0 bridgehead atoms. The van der Waals surface area contributed by atoms with Crippen LogP contribution < -0.4 is 11.1 Å². The van der Waals surface area contributed by atoms with Crippen molar-refractivity contribution in [3.63, 3.8) is 0 Å². The monoisotopic (exact) mass is 393 g/mol. The number of carbonyl (C=O) groups is 2. The van der Waals surface area contributed by atoms with Crippen LogP contribution in [0.3, 0.4) is 0 Å².